The van der Waals surface area contributed by atoms with Crippen LogP contribution in [0.1, 0.15) is 0 Å². The Morgan fingerprint density at radius 1 is 1.46 bits per heavy atom. The van der Waals surface area contributed by atoms with Crippen molar-refractivity contribution >= 4 is 19.9 Å². The van der Waals surface area contributed by atoms with E-state index in [2.05, 4.69) is 4.76 Å². The molecule has 0 spiro atoms. The summed E-state index contributed by atoms with van der Waals surface area (Å²) < 4.78 is 13.0. The lowest BCUT2D eigenvalue weighted by Crippen LogP contribution is -2.29. The van der Waals surface area contributed by atoms with E-state index in [9.17, 15) is 4.57 Å². The van der Waals surface area contributed by atoms with Crippen LogP contribution in [0.15, 0.2) is 4.76 Å². The van der Waals surface area contributed by atoms with Gasteiger partial charge in [-0.2, -0.15) is 9.59 Å². The zero-order valence-electron chi connectivity index (χ0n) is 7.04. The van der Waals surface area contributed by atoms with Crippen molar-refractivity contribution in [3.63, 3.8) is 0 Å². The molecule has 0 saturated heterocycles. The fourth-order valence-electron chi connectivity index (χ4n) is 0.223. The smallest absolute Gasteiger partial charge is 0.369 e. The fourth-order valence-corrected chi connectivity index (χ4v) is 0.669. The summed E-state index contributed by atoms with van der Waals surface area (Å²) in [6.45, 7) is 0. The van der Waals surface area contributed by atoms with Gasteiger partial charge in [-0.25, -0.2) is 4.57 Å². The summed E-state index contributed by atoms with van der Waals surface area (Å²) in [6.07, 6.45) is 0.250. The van der Waals surface area contributed by atoms with Gasteiger partial charge in [0.1, 0.15) is 0 Å². The van der Waals surface area contributed by atoms with Crippen molar-refractivity contribution in [2.75, 3.05) is 14.1 Å². The maximum Gasteiger partial charge on any atom is 0.451 e. The van der Waals surface area contributed by atoms with Gasteiger partial charge in [-0.1, -0.05) is 0 Å². The van der Waals surface area contributed by atoms with Crippen LogP contribution in [0.25, 0.3) is 0 Å². The molecule has 0 heterocycles. The molecule has 13 heavy (non-hydrogen) atoms. The van der Waals surface area contributed by atoms with E-state index in [-0.39, 0.29) is 12.1 Å². The average Bonchev–Trinajstić information content (AvgIpc) is 1.84. The van der Waals surface area contributed by atoms with Crippen LogP contribution in [-0.2, 0) is 14.2 Å². The van der Waals surface area contributed by atoms with Gasteiger partial charge in [-0.05, 0) is 0 Å². The summed E-state index contributed by atoms with van der Waals surface area (Å²) in [7, 11) is -1.28. The predicted octanol–water partition coefficient (Wildman–Crippen LogP) is -1.63. The van der Waals surface area contributed by atoms with Crippen LogP contribution in [0.5, 0.6) is 0 Å². The predicted molar refractivity (Wildman–Crippen MR) is 42.4 cm³/mol. The van der Waals surface area contributed by atoms with Crippen molar-refractivity contribution in [3.05, 3.63) is 0 Å². The van der Waals surface area contributed by atoms with Gasteiger partial charge in [0.15, 0.2) is 0 Å². The Labute approximate surface area is 74.3 Å². The van der Waals surface area contributed by atoms with Gasteiger partial charge < -0.3 is 20.4 Å². The van der Waals surface area contributed by atoms with E-state index in [1.807, 2.05) is 0 Å². The molecule has 0 saturated carbocycles. The van der Waals surface area contributed by atoms with Crippen molar-refractivity contribution in [2.24, 2.45) is 10.5 Å². The molecule has 8 nitrogen and oxygen atoms in total. The van der Waals surface area contributed by atoms with Gasteiger partial charge in [0.25, 0.3) is 0 Å². The molecule has 0 aromatic carbocycles. The molecule has 0 aliphatic carbocycles. The molecule has 76 valence electrons. The lowest BCUT2D eigenvalue weighted by atomic mass is 10.8. The summed E-state index contributed by atoms with van der Waals surface area (Å²) >= 11 is 0. The number of nitrogens with two attached hydrogens (primary N) is 1. The van der Waals surface area contributed by atoms with Crippen molar-refractivity contribution in [1.29, 1.82) is 0 Å². The van der Waals surface area contributed by atoms with Gasteiger partial charge >= 0.3 is 13.9 Å². The highest BCUT2D eigenvalue weighted by Crippen LogP contribution is 2.35. The maximum absolute atomic E-state index is 10.1. The first kappa shape index (κ1) is 14.3. The molecule has 0 unspecified atom stereocenters. The standard InChI is InChI=1S/C3H10N3O3P.CO2/c1-6(2)3(4)5-10(7,8)9;2-1-3/h1-2H3,(H4,4,5,7,8,9);. The third-order valence-electron chi connectivity index (χ3n) is 0.691. The third-order valence-corrected chi connectivity index (χ3v) is 1.16. The molecular formula is C4H10N3O5P. The number of carbonyl (C=O) groups excluding carboxylic acids is 2. The summed E-state index contributed by atoms with van der Waals surface area (Å²) in [6, 6.07) is 0. The van der Waals surface area contributed by atoms with E-state index in [0.29, 0.717) is 0 Å². The zero-order chi connectivity index (χ0) is 11.1. The SMILES string of the molecule is CN(C)C(N)=NP(=O)(O)O.O=C=O. The Morgan fingerprint density at radius 2 is 1.77 bits per heavy atom. The Bertz CT molecular complexity index is 251. The van der Waals surface area contributed by atoms with Crippen LogP contribution in [-0.4, -0.2) is 40.9 Å². The third kappa shape index (κ3) is 13.7. The van der Waals surface area contributed by atoms with Crippen LogP contribution in [0, 0.1) is 0 Å². The molecule has 0 fully saturated rings. The Morgan fingerprint density at radius 3 is 1.85 bits per heavy atom. The highest BCUT2D eigenvalue weighted by Gasteiger charge is 2.11. The van der Waals surface area contributed by atoms with E-state index in [4.69, 9.17) is 25.1 Å². The normalized spacial score (nSPS) is 10.9. The molecule has 0 aromatic rings. The van der Waals surface area contributed by atoms with Crippen LogP contribution in [0.2, 0.25) is 0 Å². The van der Waals surface area contributed by atoms with E-state index in [0.717, 1.165) is 0 Å². The lowest BCUT2D eigenvalue weighted by molar-refractivity contribution is -0.191. The summed E-state index contributed by atoms with van der Waals surface area (Å²) in [4.78, 5) is 34.1. The molecule has 0 aliphatic rings. The van der Waals surface area contributed by atoms with Crippen LogP contribution < -0.4 is 5.73 Å². The Hall–Kier alpha value is -1.20. The molecule has 0 rings (SSSR count). The number of hydrogen-bond acceptors (Lipinski definition) is 3. The second-order valence-corrected chi connectivity index (χ2v) is 3.18. The first-order chi connectivity index (χ1) is 5.74. The van der Waals surface area contributed by atoms with Gasteiger partial charge in [-0.15, -0.1) is 4.76 Å². The molecule has 9 heteroatoms. The number of hydrogen-bond donors (Lipinski definition) is 3. The first-order valence-corrected chi connectivity index (χ1v) is 4.39. The first-order valence-electron chi connectivity index (χ1n) is 2.82. The molecule has 0 aromatic heterocycles. The lowest BCUT2D eigenvalue weighted by Gasteiger charge is -2.09. The minimum absolute atomic E-state index is 0.187. The quantitative estimate of drug-likeness (QED) is 0.269. The van der Waals surface area contributed by atoms with Crippen molar-refractivity contribution in [1.82, 2.24) is 4.90 Å². The van der Waals surface area contributed by atoms with E-state index >= 15 is 0 Å². The Balaban J connectivity index is 0. The number of rotatable bonds is 1. The monoisotopic (exact) mass is 211 g/mol. The molecule has 0 radical (unpaired) electrons. The zero-order valence-corrected chi connectivity index (χ0v) is 7.93. The van der Waals surface area contributed by atoms with E-state index < -0.39 is 7.75 Å². The van der Waals surface area contributed by atoms with E-state index in [1.54, 1.807) is 0 Å². The average molecular weight is 211 g/mol. The van der Waals surface area contributed by atoms with Crippen molar-refractivity contribution in [2.45, 2.75) is 0 Å². The van der Waals surface area contributed by atoms with Gasteiger partial charge in [0, 0.05) is 14.1 Å². The molecular weight excluding hydrogens is 201 g/mol. The second kappa shape index (κ2) is 6.33. The molecule has 0 aliphatic heterocycles. The molecule has 4 N–H and O–H groups in total. The number of nitrogens with zero attached hydrogens (tertiary/aromatic N) is 2. The molecule has 0 atom stereocenters. The largest absolute Gasteiger partial charge is 0.451 e. The van der Waals surface area contributed by atoms with Crippen LogP contribution >= 0.6 is 7.75 Å². The minimum Gasteiger partial charge on any atom is -0.369 e. The van der Waals surface area contributed by atoms with E-state index in [1.165, 1.54) is 19.0 Å². The van der Waals surface area contributed by atoms with Crippen LogP contribution in [0.3, 0.4) is 0 Å². The second-order valence-electron chi connectivity index (χ2n) is 1.95. The van der Waals surface area contributed by atoms with Gasteiger partial charge in [0.05, 0.1) is 0 Å². The summed E-state index contributed by atoms with van der Waals surface area (Å²) in [5, 5.41) is 0. The van der Waals surface area contributed by atoms with Crippen molar-refractivity contribution < 1.29 is 23.9 Å². The number of guanidine groups is 1. The van der Waals surface area contributed by atoms with Crippen LogP contribution in [0.4, 0.5) is 0 Å². The highest BCUT2D eigenvalue weighted by atomic mass is 31.2. The van der Waals surface area contributed by atoms with Crippen molar-refractivity contribution in [3.8, 4) is 0 Å². The molecule has 0 bridgehead atoms. The van der Waals surface area contributed by atoms with Gasteiger partial charge in [-0.3, -0.25) is 0 Å². The summed E-state index contributed by atoms with van der Waals surface area (Å²) in [5.74, 6) is -0.187. The van der Waals surface area contributed by atoms with Gasteiger partial charge in [0.2, 0.25) is 5.96 Å². The topological polar surface area (TPSA) is 133 Å². The maximum atomic E-state index is 10.1. The minimum atomic E-state index is -4.35. The summed E-state index contributed by atoms with van der Waals surface area (Å²) in [5.41, 5.74) is 5.09. The Kier molecular flexibility index (Phi) is 6.98. The fraction of sp³-hybridized carbons (Fsp3) is 0.500. The molecule has 0 amide bonds. The highest BCUT2D eigenvalue weighted by molar-refractivity contribution is 7.50.